The van der Waals surface area contributed by atoms with Crippen LogP contribution in [0.5, 0.6) is 0 Å². The van der Waals surface area contributed by atoms with Crippen LogP contribution < -0.4 is 5.32 Å². The van der Waals surface area contributed by atoms with Gasteiger partial charge in [0.1, 0.15) is 10.5 Å². The quantitative estimate of drug-likeness (QED) is 0.500. The van der Waals surface area contributed by atoms with Crippen LogP contribution in [0.1, 0.15) is 47.2 Å². The molecule has 3 aromatic rings. The molecule has 1 aliphatic heterocycles. The number of ether oxygens (including phenoxy) is 1. The number of carbonyl (C=O) groups is 2. The summed E-state index contributed by atoms with van der Waals surface area (Å²) in [5.74, 6) is -1.45. The zero-order chi connectivity index (χ0) is 25.3. The predicted octanol–water partition coefficient (Wildman–Crippen LogP) is 3.70. The number of para-hydroxylation sites is 1. The lowest BCUT2D eigenvalue weighted by atomic mass is 9.98. The maximum atomic E-state index is 13.7. The first-order valence-electron chi connectivity index (χ1n) is 11.7. The van der Waals surface area contributed by atoms with Gasteiger partial charge in [0, 0.05) is 35.6 Å². The molecule has 2 aromatic heterocycles. The molecule has 1 aromatic carbocycles. The van der Waals surface area contributed by atoms with Crippen LogP contribution in [-0.4, -0.2) is 54.3 Å². The van der Waals surface area contributed by atoms with Crippen molar-refractivity contribution in [2.45, 2.75) is 45.4 Å². The Bertz CT molecular complexity index is 1400. The van der Waals surface area contributed by atoms with E-state index >= 15 is 0 Å². The molecule has 1 aliphatic rings. The summed E-state index contributed by atoms with van der Waals surface area (Å²) in [5.41, 5.74) is 3.04. The number of hydrogen-bond donors (Lipinski definition) is 2. The van der Waals surface area contributed by atoms with Crippen molar-refractivity contribution in [1.82, 2.24) is 14.3 Å². The number of anilines is 1. The lowest BCUT2D eigenvalue weighted by Crippen LogP contribution is -2.44. The minimum atomic E-state index is -4.04. The van der Waals surface area contributed by atoms with E-state index in [1.165, 1.54) is 4.31 Å². The number of nitrogens with one attached hydrogen (secondary N) is 2. The number of fused-ring (bicyclic) bond motifs is 1. The number of aromatic amines is 1. The molecular weight excluding hydrogens is 468 g/mol. The van der Waals surface area contributed by atoms with Gasteiger partial charge in [-0.2, -0.15) is 4.31 Å². The van der Waals surface area contributed by atoms with E-state index < -0.39 is 21.9 Å². The Balaban J connectivity index is 1.59. The molecule has 4 rings (SSSR count). The van der Waals surface area contributed by atoms with E-state index in [0.29, 0.717) is 29.9 Å². The molecule has 0 radical (unpaired) electrons. The van der Waals surface area contributed by atoms with Crippen LogP contribution in [-0.2, 0) is 19.6 Å². The van der Waals surface area contributed by atoms with Crippen molar-refractivity contribution in [3.63, 3.8) is 0 Å². The smallest absolute Gasteiger partial charge is 0.341 e. The molecular formula is C25H30N4O5S. The number of esters is 1. The first kappa shape index (κ1) is 24.9. The summed E-state index contributed by atoms with van der Waals surface area (Å²) < 4.78 is 33.7. The van der Waals surface area contributed by atoms with E-state index in [0.717, 1.165) is 16.6 Å². The summed E-state index contributed by atoms with van der Waals surface area (Å²) >= 11 is 0. The average molecular weight is 499 g/mol. The molecule has 0 bridgehead atoms. The Kier molecular flexibility index (Phi) is 6.95. The van der Waals surface area contributed by atoms with Crippen molar-refractivity contribution >= 4 is 38.5 Å². The Morgan fingerprint density at radius 1 is 1.20 bits per heavy atom. The first-order valence-corrected chi connectivity index (χ1v) is 13.1. The van der Waals surface area contributed by atoms with Crippen LogP contribution in [0.15, 0.2) is 35.2 Å². The summed E-state index contributed by atoms with van der Waals surface area (Å²) in [6, 6.07) is 9.36. The number of aromatic nitrogens is 2. The molecule has 0 unspecified atom stereocenters. The van der Waals surface area contributed by atoms with Gasteiger partial charge >= 0.3 is 5.97 Å². The first-order chi connectivity index (χ1) is 16.6. The van der Waals surface area contributed by atoms with Crippen LogP contribution in [0, 0.1) is 26.7 Å². The maximum Gasteiger partial charge on any atom is 0.341 e. The van der Waals surface area contributed by atoms with Gasteiger partial charge in [-0.05, 0) is 52.7 Å². The number of carbonyl (C=O) groups excluding carboxylic acids is 2. The second kappa shape index (κ2) is 9.79. The van der Waals surface area contributed by atoms with E-state index in [-0.39, 0.29) is 36.1 Å². The van der Waals surface area contributed by atoms with Crippen molar-refractivity contribution in [3.8, 4) is 0 Å². The van der Waals surface area contributed by atoms with Crippen LogP contribution in [0.2, 0.25) is 0 Å². The minimum absolute atomic E-state index is 0.0228. The standard InChI is InChI=1S/C25H30N4O5S/c1-5-34-25(31)22-16(3)27-17(4)23(22)35(32,33)29-12-8-9-18(14-29)24(30)28-21-13-15(2)26-20-11-7-6-10-19(20)21/h6-7,10-11,13,18,27H,5,8-9,12,14H2,1-4H3,(H,26,28,30)/t18-/m0/s1. The number of nitrogens with zero attached hydrogens (tertiary/aromatic N) is 2. The Morgan fingerprint density at radius 3 is 2.69 bits per heavy atom. The van der Waals surface area contributed by atoms with E-state index in [9.17, 15) is 18.0 Å². The van der Waals surface area contributed by atoms with E-state index in [4.69, 9.17) is 4.74 Å². The van der Waals surface area contributed by atoms with Crippen LogP contribution >= 0.6 is 0 Å². The number of H-pyrrole nitrogens is 1. The molecule has 9 nitrogen and oxygen atoms in total. The molecule has 1 saturated heterocycles. The van der Waals surface area contributed by atoms with Crippen LogP contribution in [0.4, 0.5) is 5.69 Å². The molecule has 1 amide bonds. The largest absolute Gasteiger partial charge is 0.462 e. The second-order valence-corrected chi connectivity index (χ2v) is 10.7. The Morgan fingerprint density at radius 2 is 1.94 bits per heavy atom. The Hall–Kier alpha value is -3.24. The number of hydrogen-bond acceptors (Lipinski definition) is 6. The normalized spacial score (nSPS) is 16.9. The predicted molar refractivity (Wildman–Crippen MR) is 133 cm³/mol. The highest BCUT2D eigenvalue weighted by molar-refractivity contribution is 7.89. The van der Waals surface area contributed by atoms with Gasteiger partial charge in [-0.3, -0.25) is 9.78 Å². The maximum absolute atomic E-state index is 13.7. The van der Waals surface area contributed by atoms with Gasteiger partial charge in [-0.1, -0.05) is 18.2 Å². The molecule has 0 spiro atoms. The number of piperidine rings is 1. The number of rotatable bonds is 6. The highest BCUT2D eigenvalue weighted by Crippen LogP contribution is 2.31. The van der Waals surface area contributed by atoms with Crippen LogP contribution in [0.3, 0.4) is 0 Å². The number of pyridine rings is 1. The van der Waals surface area contributed by atoms with Crippen LogP contribution in [0.25, 0.3) is 10.9 Å². The lowest BCUT2D eigenvalue weighted by molar-refractivity contribution is -0.120. The van der Waals surface area contributed by atoms with Gasteiger partial charge in [-0.15, -0.1) is 0 Å². The number of aryl methyl sites for hydroxylation is 3. The average Bonchev–Trinajstić information content (AvgIpc) is 3.13. The number of amides is 1. The van der Waals surface area contributed by atoms with Crippen molar-refractivity contribution in [2.24, 2.45) is 5.92 Å². The van der Waals surface area contributed by atoms with E-state index in [1.54, 1.807) is 20.8 Å². The molecule has 3 heterocycles. The highest BCUT2D eigenvalue weighted by atomic mass is 32.2. The summed E-state index contributed by atoms with van der Waals surface area (Å²) in [4.78, 5) is 33.2. The van der Waals surface area contributed by atoms with E-state index in [2.05, 4.69) is 15.3 Å². The summed E-state index contributed by atoms with van der Waals surface area (Å²) in [7, 11) is -4.04. The molecule has 1 fully saturated rings. The lowest BCUT2D eigenvalue weighted by Gasteiger charge is -2.31. The van der Waals surface area contributed by atoms with Gasteiger partial charge in [0.2, 0.25) is 15.9 Å². The fourth-order valence-electron chi connectivity index (χ4n) is 4.68. The summed E-state index contributed by atoms with van der Waals surface area (Å²) in [5, 5.41) is 3.81. The summed E-state index contributed by atoms with van der Waals surface area (Å²) in [6.07, 6.45) is 1.10. The number of sulfonamides is 1. The Labute approximate surface area is 204 Å². The van der Waals surface area contributed by atoms with Crippen molar-refractivity contribution in [2.75, 3.05) is 25.0 Å². The number of benzene rings is 1. The third-order valence-electron chi connectivity index (χ3n) is 6.25. The van der Waals surface area contributed by atoms with Gasteiger partial charge in [0.15, 0.2) is 0 Å². The van der Waals surface area contributed by atoms with Crippen molar-refractivity contribution in [1.29, 1.82) is 0 Å². The molecule has 186 valence electrons. The van der Waals surface area contributed by atoms with E-state index in [1.807, 2.05) is 37.3 Å². The highest BCUT2D eigenvalue weighted by Gasteiger charge is 2.38. The fourth-order valence-corrected chi connectivity index (χ4v) is 6.62. The summed E-state index contributed by atoms with van der Waals surface area (Å²) in [6.45, 7) is 7.23. The molecule has 10 heteroatoms. The molecule has 1 atom stereocenters. The zero-order valence-electron chi connectivity index (χ0n) is 20.3. The van der Waals surface area contributed by atoms with Gasteiger partial charge < -0.3 is 15.0 Å². The SMILES string of the molecule is CCOC(=O)c1c(C)[nH]c(C)c1S(=O)(=O)N1CCC[C@H](C(=O)Nc2cc(C)nc3ccccc23)C1. The zero-order valence-corrected chi connectivity index (χ0v) is 21.2. The molecule has 2 N–H and O–H groups in total. The van der Waals surface area contributed by atoms with Gasteiger partial charge in [-0.25, -0.2) is 13.2 Å². The second-order valence-electron chi connectivity index (χ2n) is 8.82. The molecule has 0 aliphatic carbocycles. The van der Waals surface area contributed by atoms with Gasteiger partial charge in [0.05, 0.1) is 23.7 Å². The minimum Gasteiger partial charge on any atom is -0.462 e. The van der Waals surface area contributed by atoms with Gasteiger partial charge in [0.25, 0.3) is 0 Å². The van der Waals surface area contributed by atoms with Crippen molar-refractivity contribution in [3.05, 3.63) is 53.0 Å². The molecule has 0 saturated carbocycles. The third-order valence-corrected chi connectivity index (χ3v) is 8.29. The topological polar surface area (TPSA) is 121 Å². The fraction of sp³-hybridized carbons (Fsp3) is 0.400. The molecule has 35 heavy (non-hydrogen) atoms. The monoisotopic (exact) mass is 498 g/mol. The third kappa shape index (κ3) is 4.81. The van der Waals surface area contributed by atoms with Crippen molar-refractivity contribution < 1.29 is 22.7 Å².